The van der Waals surface area contributed by atoms with Crippen molar-refractivity contribution in [1.82, 2.24) is 0 Å². The lowest BCUT2D eigenvalue weighted by atomic mass is 10.0. The van der Waals surface area contributed by atoms with E-state index in [2.05, 4.69) is 4.99 Å². The van der Waals surface area contributed by atoms with Crippen LogP contribution in [0.3, 0.4) is 0 Å². The Bertz CT molecular complexity index is 980. The van der Waals surface area contributed by atoms with Crippen molar-refractivity contribution in [1.29, 1.82) is 0 Å². The van der Waals surface area contributed by atoms with Gasteiger partial charge < -0.3 is 11.5 Å². The Labute approximate surface area is 150 Å². The van der Waals surface area contributed by atoms with Gasteiger partial charge >= 0.3 is 0 Å². The lowest BCUT2D eigenvalue weighted by Crippen LogP contribution is -2.54. The summed E-state index contributed by atoms with van der Waals surface area (Å²) in [5.74, 6) is -0.780. The molecule has 0 saturated carbocycles. The van der Waals surface area contributed by atoms with Crippen molar-refractivity contribution in [3.8, 4) is 10.4 Å². The summed E-state index contributed by atoms with van der Waals surface area (Å²) in [6.07, 6.45) is 0. The smallest absolute Gasteiger partial charge is 0.165 e. The van der Waals surface area contributed by atoms with Crippen LogP contribution in [0.1, 0.15) is 25.6 Å². The van der Waals surface area contributed by atoms with Gasteiger partial charge in [-0.05, 0) is 44.5 Å². The lowest BCUT2D eigenvalue weighted by molar-refractivity contribution is 0.486. The molecule has 0 saturated heterocycles. The van der Waals surface area contributed by atoms with Crippen molar-refractivity contribution in [2.24, 2.45) is 10.7 Å². The quantitative estimate of drug-likeness (QED) is 0.781. The lowest BCUT2D eigenvalue weighted by Gasteiger charge is -2.37. The standard InChI is InChI=1S/C17H20FN3O2S2/c1-16(2)15(20)21-17(3,9-25(16,22)23)14-12(18)8-13(24-14)10-5-4-6-11(19)7-10/h4-8H,9,19H2,1-3H3,(H2,20,21)/t17-/m0/s1. The van der Waals surface area contributed by atoms with Gasteiger partial charge in [-0.3, -0.25) is 4.99 Å². The van der Waals surface area contributed by atoms with Crippen molar-refractivity contribution >= 4 is 32.7 Å². The molecule has 8 heteroatoms. The Balaban J connectivity index is 2.13. The van der Waals surface area contributed by atoms with Crippen molar-refractivity contribution in [3.63, 3.8) is 0 Å². The Morgan fingerprint density at radius 3 is 2.48 bits per heavy atom. The van der Waals surface area contributed by atoms with E-state index in [0.29, 0.717) is 10.6 Å². The van der Waals surface area contributed by atoms with Crippen LogP contribution in [0.2, 0.25) is 0 Å². The zero-order valence-corrected chi connectivity index (χ0v) is 15.8. The number of sulfone groups is 1. The largest absolute Gasteiger partial charge is 0.399 e. The zero-order valence-electron chi connectivity index (χ0n) is 14.2. The minimum absolute atomic E-state index is 0.000412. The average molecular weight is 381 g/mol. The van der Waals surface area contributed by atoms with Gasteiger partial charge in [0.2, 0.25) is 0 Å². The summed E-state index contributed by atoms with van der Waals surface area (Å²) in [5.41, 5.74) is 11.8. The zero-order chi connectivity index (χ0) is 18.6. The van der Waals surface area contributed by atoms with Gasteiger partial charge in [0.25, 0.3) is 0 Å². The van der Waals surface area contributed by atoms with Crippen molar-refractivity contribution in [2.75, 3.05) is 11.5 Å². The molecule has 2 heterocycles. The first-order valence-corrected chi connectivity index (χ1v) is 10.2. The maximum absolute atomic E-state index is 14.7. The SMILES string of the molecule is CC1(C)C(N)=N[C@](C)(c2sc(-c3cccc(N)c3)cc2F)CS1(=O)=O. The molecule has 1 aliphatic rings. The summed E-state index contributed by atoms with van der Waals surface area (Å²) in [6, 6.07) is 8.49. The van der Waals surface area contributed by atoms with Gasteiger partial charge in [-0.1, -0.05) is 12.1 Å². The third kappa shape index (κ3) is 2.83. The minimum atomic E-state index is -3.58. The van der Waals surface area contributed by atoms with Crippen molar-refractivity contribution < 1.29 is 12.8 Å². The number of amidine groups is 1. The van der Waals surface area contributed by atoms with Gasteiger partial charge in [-0.2, -0.15) is 0 Å². The third-order valence-electron chi connectivity index (χ3n) is 4.58. The number of hydrogen-bond acceptors (Lipinski definition) is 6. The molecule has 0 bridgehead atoms. The summed E-state index contributed by atoms with van der Waals surface area (Å²) >= 11 is 1.17. The van der Waals surface area contributed by atoms with Crippen LogP contribution >= 0.6 is 11.3 Å². The summed E-state index contributed by atoms with van der Waals surface area (Å²) in [6.45, 7) is 4.64. The molecule has 2 aromatic rings. The van der Waals surface area contributed by atoms with Crippen LogP contribution < -0.4 is 11.5 Å². The highest BCUT2D eigenvalue weighted by Gasteiger charge is 2.50. The van der Waals surface area contributed by atoms with E-state index < -0.39 is 25.9 Å². The van der Waals surface area contributed by atoms with Crippen molar-refractivity contribution in [2.45, 2.75) is 31.1 Å². The number of nitrogen functional groups attached to an aromatic ring is 1. The fourth-order valence-electron chi connectivity index (χ4n) is 2.83. The second kappa shape index (κ2) is 5.54. The maximum atomic E-state index is 14.7. The predicted molar refractivity (Wildman–Crippen MR) is 101 cm³/mol. The number of rotatable bonds is 2. The van der Waals surface area contributed by atoms with Crippen molar-refractivity contribution in [3.05, 3.63) is 41.0 Å². The molecule has 0 unspecified atom stereocenters. The highest BCUT2D eigenvalue weighted by Crippen LogP contribution is 2.43. The molecule has 0 aliphatic carbocycles. The molecule has 0 spiro atoms. The Morgan fingerprint density at radius 1 is 1.20 bits per heavy atom. The average Bonchev–Trinajstić information content (AvgIpc) is 2.88. The van der Waals surface area contributed by atoms with E-state index in [9.17, 15) is 12.8 Å². The molecule has 1 aromatic carbocycles. The summed E-state index contributed by atoms with van der Waals surface area (Å²) in [7, 11) is -3.58. The minimum Gasteiger partial charge on any atom is -0.399 e. The van der Waals surface area contributed by atoms with Crippen LogP contribution in [0.25, 0.3) is 10.4 Å². The van der Waals surface area contributed by atoms with Crippen LogP contribution in [0.15, 0.2) is 35.3 Å². The van der Waals surface area contributed by atoms with E-state index in [1.54, 1.807) is 25.1 Å². The molecule has 134 valence electrons. The Kier molecular flexibility index (Phi) is 3.96. The number of halogens is 1. The van der Waals surface area contributed by atoms with E-state index in [4.69, 9.17) is 11.5 Å². The molecule has 5 nitrogen and oxygen atoms in total. The Morgan fingerprint density at radius 2 is 1.88 bits per heavy atom. The molecule has 1 aromatic heterocycles. The topological polar surface area (TPSA) is 98.5 Å². The molecule has 1 aliphatic heterocycles. The highest BCUT2D eigenvalue weighted by molar-refractivity contribution is 7.93. The van der Waals surface area contributed by atoms with Gasteiger partial charge in [0, 0.05) is 10.6 Å². The number of anilines is 1. The monoisotopic (exact) mass is 381 g/mol. The van der Waals surface area contributed by atoms with Crippen LogP contribution in [0.4, 0.5) is 10.1 Å². The molecular weight excluding hydrogens is 361 g/mol. The molecular formula is C17H20FN3O2S2. The summed E-state index contributed by atoms with van der Waals surface area (Å²) in [4.78, 5) is 5.30. The van der Waals surface area contributed by atoms with Crippen LogP contribution in [0.5, 0.6) is 0 Å². The van der Waals surface area contributed by atoms with E-state index in [0.717, 1.165) is 5.56 Å². The van der Waals surface area contributed by atoms with E-state index in [1.165, 1.54) is 31.3 Å². The molecule has 0 radical (unpaired) electrons. The van der Waals surface area contributed by atoms with E-state index in [1.807, 2.05) is 6.07 Å². The predicted octanol–water partition coefficient (Wildman–Crippen LogP) is 2.92. The number of thiophene rings is 1. The van der Waals surface area contributed by atoms with Gasteiger partial charge in [-0.15, -0.1) is 11.3 Å². The number of nitrogens with zero attached hydrogens (tertiary/aromatic N) is 1. The number of hydrogen-bond donors (Lipinski definition) is 2. The van der Waals surface area contributed by atoms with Crippen LogP contribution in [0, 0.1) is 5.82 Å². The van der Waals surface area contributed by atoms with Gasteiger partial charge in [0.1, 0.15) is 21.9 Å². The molecule has 0 fully saturated rings. The second-order valence-electron chi connectivity index (χ2n) is 6.95. The third-order valence-corrected chi connectivity index (χ3v) is 8.70. The number of nitrogens with two attached hydrogens (primary N) is 2. The first kappa shape index (κ1) is 17.9. The van der Waals surface area contributed by atoms with Crippen LogP contribution in [-0.2, 0) is 15.4 Å². The second-order valence-corrected chi connectivity index (χ2v) is 10.5. The fourth-order valence-corrected chi connectivity index (χ4v) is 5.72. The number of aliphatic imine (C=N–C) groups is 1. The maximum Gasteiger partial charge on any atom is 0.165 e. The Hall–Kier alpha value is -1.93. The summed E-state index contributed by atoms with van der Waals surface area (Å²) in [5, 5.41) is 0. The molecule has 3 rings (SSSR count). The molecule has 0 amide bonds. The van der Waals surface area contributed by atoms with E-state index >= 15 is 0 Å². The molecule has 1 atom stereocenters. The molecule has 25 heavy (non-hydrogen) atoms. The van der Waals surface area contributed by atoms with Gasteiger partial charge in [0.05, 0.1) is 10.6 Å². The van der Waals surface area contributed by atoms with E-state index in [-0.39, 0.29) is 16.5 Å². The van der Waals surface area contributed by atoms with Gasteiger partial charge in [-0.25, -0.2) is 12.8 Å². The fraction of sp³-hybridized carbons (Fsp3) is 0.353. The van der Waals surface area contributed by atoms with Gasteiger partial charge in [0.15, 0.2) is 9.84 Å². The number of benzene rings is 1. The first-order valence-electron chi connectivity index (χ1n) is 7.70. The molecule has 4 N–H and O–H groups in total. The highest BCUT2D eigenvalue weighted by atomic mass is 32.2. The normalized spacial score (nSPS) is 24.7. The first-order chi connectivity index (χ1) is 11.5. The van der Waals surface area contributed by atoms with Crippen LogP contribution in [-0.4, -0.2) is 24.8 Å². The summed E-state index contributed by atoms with van der Waals surface area (Å²) < 4.78 is 38.7.